The van der Waals surface area contributed by atoms with E-state index in [1.807, 2.05) is 25.1 Å². The van der Waals surface area contributed by atoms with Gasteiger partial charge in [-0.2, -0.15) is 0 Å². The Bertz CT molecular complexity index is 1250. The van der Waals surface area contributed by atoms with E-state index in [9.17, 15) is 9.90 Å². The molecule has 202 valence electrons. The fourth-order valence-electron chi connectivity index (χ4n) is 5.14. The summed E-state index contributed by atoms with van der Waals surface area (Å²) in [5.41, 5.74) is 8.29. The van der Waals surface area contributed by atoms with Crippen LogP contribution in [0.25, 0.3) is 5.57 Å². The van der Waals surface area contributed by atoms with Crippen LogP contribution in [0.5, 0.6) is 11.5 Å². The summed E-state index contributed by atoms with van der Waals surface area (Å²) < 4.78 is 23.0. The van der Waals surface area contributed by atoms with Crippen molar-refractivity contribution in [3.8, 4) is 11.5 Å². The van der Waals surface area contributed by atoms with Gasteiger partial charge < -0.3 is 24.1 Å². The summed E-state index contributed by atoms with van der Waals surface area (Å²) in [5.74, 6) is 0.602. The molecule has 0 spiro atoms. The summed E-state index contributed by atoms with van der Waals surface area (Å²) in [7, 11) is 0. The van der Waals surface area contributed by atoms with Gasteiger partial charge in [-0.25, -0.2) is 0 Å². The van der Waals surface area contributed by atoms with E-state index in [0.29, 0.717) is 50.3 Å². The number of aryl methyl sites for hydroxylation is 1. The Labute approximate surface area is 225 Å². The highest BCUT2D eigenvalue weighted by molar-refractivity contribution is 5.85. The van der Waals surface area contributed by atoms with Crippen LogP contribution in [0.3, 0.4) is 0 Å². The monoisotopic (exact) mass is 518 g/mol. The van der Waals surface area contributed by atoms with E-state index in [0.717, 1.165) is 24.0 Å². The number of aliphatic carboxylic acids is 1. The van der Waals surface area contributed by atoms with Crippen molar-refractivity contribution in [1.82, 2.24) is 0 Å². The molecule has 0 saturated heterocycles. The number of carboxylic acids is 1. The maximum Gasteiger partial charge on any atom is 0.306 e. The van der Waals surface area contributed by atoms with Gasteiger partial charge in [0.25, 0.3) is 0 Å². The lowest BCUT2D eigenvalue weighted by atomic mass is 9.80. The minimum absolute atomic E-state index is 0.145. The van der Waals surface area contributed by atoms with Crippen LogP contribution >= 0.6 is 0 Å². The summed E-state index contributed by atoms with van der Waals surface area (Å²) in [5, 5.41) is 9.38. The largest absolute Gasteiger partial charge is 0.492 e. The van der Waals surface area contributed by atoms with E-state index in [1.54, 1.807) is 6.92 Å². The van der Waals surface area contributed by atoms with E-state index >= 15 is 0 Å². The molecular weight excluding hydrogens is 480 g/mol. The molecule has 6 heteroatoms. The van der Waals surface area contributed by atoms with Crippen LogP contribution in [0, 0.1) is 5.92 Å². The van der Waals surface area contributed by atoms with Gasteiger partial charge in [-0.3, -0.25) is 4.79 Å². The molecule has 0 aromatic heterocycles. The third kappa shape index (κ3) is 6.30. The number of carbonyl (C=O) groups is 1. The van der Waals surface area contributed by atoms with Gasteiger partial charge in [-0.15, -0.1) is 0 Å². The van der Waals surface area contributed by atoms with Crippen LogP contribution in [0.2, 0.25) is 0 Å². The molecule has 2 aromatic carbocycles. The molecule has 0 bridgehead atoms. The first-order chi connectivity index (χ1) is 18.3. The standard InChI is InChI=1S/C32H38O6/c1-6-35-13-14-36-21(4)15-25-10-9-24-8-7-23(16-28(24)31(25)20(2)3)18-37-26-11-12-27-29(22(5)32(33)34)19-38-30(27)17-26/h7-8,11-12,15-17,22,29H,4,6,9-10,13-14,18-19H2,1-3,5H3,(H,33,34)/b25-15-/t22-,29-/m0/s1. The molecule has 0 unspecified atom stereocenters. The molecular formula is C32H38O6. The molecule has 0 fully saturated rings. The van der Waals surface area contributed by atoms with E-state index < -0.39 is 11.9 Å². The predicted octanol–water partition coefficient (Wildman–Crippen LogP) is 6.70. The lowest BCUT2D eigenvalue weighted by Crippen LogP contribution is -2.19. The van der Waals surface area contributed by atoms with Crippen LogP contribution < -0.4 is 9.47 Å². The van der Waals surface area contributed by atoms with Crippen LogP contribution in [0.4, 0.5) is 0 Å². The Balaban J connectivity index is 1.47. The smallest absolute Gasteiger partial charge is 0.306 e. The Morgan fingerprint density at radius 3 is 2.74 bits per heavy atom. The fraction of sp³-hybridized carbons (Fsp3) is 0.406. The minimum atomic E-state index is -0.814. The second-order valence-electron chi connectivity index (χ2n) is 10.1. The Kier molecular flexibility index (Phi) is 8.95. The number of benzene rings is 2. The van der Waals surface area contributed by atoms with Crippen LogP contribution in [-0.4, -0.2) is 37.5 Å². The molecule has 6 nitrogen and oxygen atoms in total. The predicted molar refractivity (Wildman–Crippen MR) is 149 cm³/mol. The quantitative estimate of drug-likeness (QED) is 0.264. The molecule has 2 atom stereocenters. The van der Waals surface area contributed by atoms with Crippen LogP contribution in [0.15, 0.2) is 66.0 Å². The minimum Gasteiger partial charge on any atom is -0.492 e. The molecule has 1 aliphatic carbocycles. The van der Waals surface area contributed by atoms with Gasteiger partial charge in [0.2, 0.25) is 0 Å². The summed E-state index contributed by atoms with van der Waals surface area (Å²) in [6, 6.07) is 12.2. The number of ether oxygens (including phenoxy) is 4. The molecule has 1 aliphatic heterocycles. The van der Waals surface area contributed by atoms with Gasteiger partial charge in [0.05, 0.1) is 19.1 Å². The van der Waals surface area contributed by atoms with Crippen LogP contribution in [-0.2, 0) is 27.3 Å². The highest BCUT2D eigenvalue weighted by atomic mass is 16.5. The van der Waals surface area contributed by atoms with Gasteiger partial charge in [0.15, 0.2) is 0 Å². The maximum atomic E-state index is 11.4. The molecule has 4 rings (SSSR count). The molecule has 0 radical (unpaired) electrons. The average molecular weight is 519 g/mol. The Hall–Kier alpha value is -3.51. The van der Waals surface area contributed by atoms with Gasteiger partial charge in [-0.1, -0.05) is 37.3 Å². The normalized spacial score (nSPS) is 17.8. The third-order valence-electron chi connectivity index (χ3n) is 7.18. The van der Waals surface area contributed by atoms with Crippen molar-refractivity contribution in [1.29, 1.82) is 0 Å². The first kappa shape index (κ1) is 27.5. The zero-order valence-corrected chi connectivity index (χ0v) is 22.8. The Morgan fingerprint density at radius 2 is 2.00 bits per heavy atom. The molecule has 38 heavy (non-hydrogen) atoms. The van der Waals surface area contributed by atoms with Gasteiger partial charge in [0.1, 0.15) is 30.5 Å². The number of carboxylic acid groups (broad SMARTS) is 1. The third-order valence-corrected chi connectivity index (χ3v) is 7.18. The molecule has 2 aliphatic rings. The second kappa shape index (κ2) is 12.4. The van der Waals surface area contributed by atoms with Gasteiger partial charge in [-0.05, 0) is 79.7 Å². The number of hydrogen-bond donors (Lipinski definition) is 1. The molecule has 1 N–H and O–H groups in total. The zero-order valence-electron chi connectivity index (χ0n) is 22.8. The highest BCUT2D eigenvalue weighted by Gasteiger charge is 2.33. The first-order valence-corrected chi connectivity index (χ1v) is 13.3. The molecule has 0 amide bonds. The lowest BCUT2D eigenvalue weighted by Gasteiger charge is -2.25. The summed E-state index contributed by atoms with van der Waals surface area (Å²) in [6.45, 7) is 14.6. The fourth-order valence-corrected chi connectivity index (χ4v) is 5.14. The number of fused-ring (bicyclic) bond motifs is 2. The molecule has 1 heterocycles. The van der Waals surface area contributed by atoms with Crippen molar-refractivity contribution >= 4 is 11.5 Å². The first-order valence-electron chi connectivity index (χ1n) is 13.3. The lowest BCUT2D eigenvalue weighted by molar-refractivity contribution is -0.142. The van der Waals surface area contributed by atoms with Crippen molar-refractivity contribution < 1.29 is 28.8 Å². The van der Waals surface area contributed by atoms with Crippen molar-refractivity contribution in [2.45, 2.75) is 53.1 Å². The maximum absolute atomic E-state index is 11.4. The number of allylic oxidation sites excluding steroid dienone is 4. The SMILES string of the molecule is C=C(/C=C1/CCc2ccc(COc3ccc4c(c3)OC[C@H]4[C@H](C)C(=O)O)cc2C1=C(C)C)OCCOCC. The zero-order chi connectivity index (χ0) is 27.2. The van der Waals surface area contributed by atoms with Crippen LogP contribution in [0.1, 0.15) is 62.3 Å². The van der Waals surface area contributed by atoms with Crippen molar-refractivity contribution in [3.63, 3.8) is 0 Å². The van der Waals surface area contributed by atoms with Crippen molar-refractivity contribution in [3.05, 3.63) is 88.2 Å². The molecule has 0 saturated carbocycles. The topological polar surface area (TPSA) is 74.2 Å². The second-order valence-corrected chi connectivity index (χ2v) is 10.1. The average Bonchev–Trinajstić information content (AvgIpc) is 3.32. The molecule has 2 aromatic rings. The number of rotatable bonds is 11. The Morgan fingerprint density at radius 1 is 1.18 bits per heavy atom. The van der Waals surface area contributed by atoms with Gasteiger partial charge >= 0.3 is 5.97 Å². The number of hydrogen-bond acceptors (Lipinski definition) is 5. The summed E-state index contributed by atoms with van der Waals surface area (Å²) in [6.07, 6.45) is 3.96. The summed E-state index contributed by atoms with van der Waals surface area (Å²) in [4.78, 5) is 11.4. The van der Waals surface area contributed by atoms with E-state index in [4.69, 9.17) is 18.9 Å². The summed E-state index contributed by atoms with van der Waals surface area (Å²) >= 11 is 0. The van der Waals surface area contributed by atoms with Gasteiger partial charge in [0, 0.05) is 24.2 Å². The van der Waals surface area contributed by atoms with E-state index in [2.05, 4.69) is 44.7 Å². The van der Waals surface area contributed by atoms with Crippen molar-refractivity contribution in [2.24, 2.45) is 5.92 Å². The van der Waals surface area contributed by atoms with E-state index in [1.165, 1.54) is 27.8 Å². The van der Waals surface area contributed by atoms with Crippen molar-refractivity contribution in [2.75, 3.05) is 26.4 Å². The highest BCUT2D eigenvalue weighted by Crippen LogP contribution is 2.41. The van der Waals surface area contributed by atoms with E-state index in [-0.39, 0.29) is 5.92 Å².